The first-order valence-electron chi connectivity index (χ1n) is 11.8. The molecule has 7 heteroatoms. The molecule has 3 unspecified atom stereocenters. The fourth-order valence-electron chi connectivity index (χ4n) is 6.83. The van der Waals surface area contributed by atoms with Crippen molar-refractivity contribution in [3.05, 3.63) is 47.3 Å². The molecule has 3 aliphatic carbocycles. The molecule has 4 rings (SSSR count). The molecule has 1 aromatic carbocycles. The summed E-state index contributed by atoms with van der Waals surface area (Å²) < 4.78 is 13.8. The molecule has 5 atom stereocenters. The lowest BCUT2D eigenvalue weighted by atomic mass is 9.54. The van der Waals surface area contributed by atoms with Crippen LogP contribution in [0.25, 0.3) is 0 Å². The summed E-state index contributed by atoms with van der Waals surface area (Å²) in [5, 5.41) is 31.3. The van der Waals surface area contributed by atoms with Gasteiger partial charge in [-0.05, 0) is 105 Å². The fourth-order valence-corrected chi connectivity index (χ4v) is 6.83. The van der Waals surface area contributed by atoms with E-state index in [4.69, 9.17) is 10.8 Å². The maximum atomic E-state index is 13.8. The summed E-state index contributed by atoms with van der Waals surface area (Å²) in [5.41, 5.74) is 3.38. The average Bonchev–Trinajstić information content (AvgIpc) is 3.07. The van der Waals surface area contributed by atoms with Crippen molar-refractivity contribution >= 4 is 23.2 Å². The molecular weight excluding hydrogens is 419 g/mol. The quantitative estimate of drug-likeness (QED) is 0.213. The lowest BCUT2D eigenvalue weighted by molar-refractivity contribution is -0.120. The van der Waals surface area contributed by atoms with Gasteiger partial charge in [-0.2, -0.15) is 0 Å². The summed E-state index contributed by atoms with van der Waals surface area (Å²) in [6, 6.07) is 5.20. The second-order valence-corrected chi connectivity index (χ2v) is 10.2. The van der Waals surface area contributed by atoms with Gasteiger partial charge in [-0.3, -0.25) is 10.2 Å². The maximum absolute atomic E-state index is 13.8. The van der Waals surface area contributed by atoms with Gasteiger partial charge in [0.15, 0.2) is 0 Å². The minimum absolute atomic E-state index is 0.0191. The highest BCUT2D eigenvalue weighted by Gasteiger charge is 2.57. The molecule has 176 valence electrons. The Kier molecular flexibility index (Phi) is 6.50. The molecule has 4 N–H and O–H groups in total. The van der Waals surface area contributed by atoms with Crippen LogP contribution in [0.5, 0.6) is 0 Å². The van der Waals surface area contributed by atoms with Gasteiger partial charge in [0.1, 0.15) is 11.7 Å². The standard InChI is InChI=1S/C26H33FN4O2/c1-15(28)3-9-23(29)30-24(32)10-5-17-14-22(31-33)26(2)12-11-20-19-8-6-18(27)13-16(19)4-7-21(20)25(17)26/h3,6,8-9,13,17,20-21,25,28,33H,4-5,7,10-12,14H2,1-2H3,(H2,29,30,32)/b9-3-,28-15?,31-22+/t17-,20?,21?,25?,26-/m1/s1. The Morgan fingerprint density at radius 3 is 2.85 bits per heavy atom. The van der Waals surface area contributed by atoms with Crippen LogP contribution in [0.4, 0.5) is 4.39 Å². The van der Waals surface area contributed by atoms with E-state index in [-0.39, 0.29) is 28.9 Å². The molecule has 33 heavy (non-hydrogen) atoms. The molecule has 2 saturated carbocycles. The Balaban J connectivity index is 1.50. The van der Waals surface area contributed by atoms with Crippen molar-refractivity contribution in [3.63, 3.8) is 0 Å². The Bertz CT molecular complexity index is 1030. The Hall–Kier alpha value is -2.83. The zero-order valence-electron chi connectivity index (χ0n) is 19.3. The molecule has 1 amide bonds. The number of hydrogen-bond acceptors (Lipinski definition) is 5. The van der Waals surface area contributed by atoms with Gasteiger partial charge in [-0.25, -0.2) is 4.39 Å². The number of benzene rings is 1. The molecule has 2 fully saturated rings. The molecule has 0 bridgehead atoms. The topological polar surface area (TPSA) is 109 Å². The van der Waals surface area contributed by atoms with Crippen LogP contribution in [-0.4, -0.2) is 28.4 Å². The van der Waals surface area contributed by atoms with Crippen molar-refractivity contribution in [2.24, 2.45) is 28.3 Å². The summed E-state index contributed by atoms with van der Waals surface area (Å²) in [6.45, 7) is 3.82. The number of halogens is 1. The third-order valence-corrected chi connectivity index (χ3v) is 8.20. The summed E-state index contributed by atoms with van der Waals surface area (Å²) >= 11 is 0. The molecule has 0 aliphatic heterocycles. The molecule has 3 aliphatic rings. The third kappa shape index (κ3) is 4.50. The van der Waals surface area contributed by atoms with E-state index in [9.17, 15) is 14.4 Å². The van der Waals surface area contributed by atoms with E-state index in [1.54, 1.807) is 19.1 Å². The zero-order chi connectivity index (χ0) is 23.8. The minimum Gasteiger partial charge on any atom is -0.411 e. The van der Waals surface area contributed by atoms with Gasteiger partial charge in [0.2, 0.25) is 5.91 Å². The van der Waals surface area contributed by atoms with E-state index >= 15 is 0 Å². The number of rotatable bonds is 5. The van der Waals surface area contributed by atoms with Gasteiger partial charge in [0.25, 0.3) is 0 Å². The van der Waals surface area contributed by atoms with Crippen molar-refractivity contribution in [3.8, 4) is 0 Å². The van der Waals surface area contributed by atoms with Crippen LogP contribution >= 0.6 is 0 Å². The molecule has 0 aromatic heterocycles. The number of nitrogens with one attached hydrogen (secondary N) is 3. The average molecular weight is 453 g/mol. The molecular formula is C26H33FN4O2. The van der Waals surface area contributed by atoms with Crippen molar-refractivity contribution in [1.82, 2.24) is 5.32 Å². The monoisotopic (exact) mass is 452 g/mol. The van der Waals surface area contributed by atoms with Crippen LogP contribution in [0.1, 0.15) is 69.4 Å². The molecule has 0 radical (unpaired) electrons. The van der Waals surface area contributed by atoms with Crippen LogP contribution in [-0.2, 0) is 11.2 Å². The smallest absolute Gasteiger partial charge is 0.225 e. The van der Waals surface area contributed by atoms with Crippen molar-refractivity contribution in [1.29, 1.82) is 10.8 Å². The second kappa shape index (κ2) is 9.20. The maximum Gasteiger partial charge on any atom is 0.225 e. The number of carbonyl (C=O) groups excluding carboxylic acids is 1. The van der Waals surface area contributed by atoms with Crippen LogP contribution in [0.2, 0.25) is 0 Å². The van der Waals surface area contributed by atoms with E-state index in [1.807, 2.05) is 6.07 Å². The first kappa shape index (κ1) is 23.3. The lowest BCUT2D eigenvalue weighted by Gasteiger charge is -2.50. The van der Waals surface area contributed by atoms with E-state index in [1.165, 1.54) is 17.7 Å². The Morgan fingerprint density at radius 1 is 1.33 bits per heavy atom. The van der Waals surface area contributed by atoms with Crippen molar-refractivity contribution < 1.29 is 14.4 Å². The second-order valence-electron chi connectivity index (χ2n) is 10.2. The van der Waals surface area contributed by atoms with Crippen molar-refractivity contribution in [2.45, 2.75) is 64.7 Å². The van der Waals surface area contributed by atoms with E-state index in [2.05, 4.69) is 17.4 Å². The number of aryl methyl sites for hydroxylation is 1. The van der Waals surface area contributed by atoms with E-state index in [0.29, 0.717) is 42.7 Å². The number of allylic oxidation sites excluding steroid dienone is 1. The molecule has 6 nitrogen and oxygen atoms in total. The predicted molar refractivity (Wildman–Crippen MR) is 127 cm³/mol. The number of amidine groups is 1. The zero-order valence-corrected chi connectivity index (χ0v) is 19.3. The molecule has 0 heterocycles. The van der Waals surface area contributed by atoms with Crippen LogP contribution in [0.15, 0.2) is 35.5 Å². The van der Waals surface area contributed by atoms with Crippen molar-refractivity contribution in [2.75, 3.05) is 0 Å². The Morgan fingerprint density at radius 2 is 2.12 bits per heavy atom. The first-order chi connectivity index (χ1) is 15.7. The number of carbonyl (C=O) groups is 1. The minimum atomic E-state index is -0.208. The number of nitrogens with zero attached hydrogens (tertiary/aromatic N) is 1. The number of hydrogen-bond donors (Lipinski definition) is 4. The van der Waals surface area contributed by atoms with Crippen LogP contribution < -0.4 is 5.32 Å². The summed E-state index contributed by atoms with van der Waals surface area (Å²) in [7, 11) is 0. The normalized spacial score (nSPS) is 31.7. The fraction of sp³-hybridized carbons (Fsp3) is 0.538. The molecule has 0 spiro atoms. The summed E-state index contributed by atoms with van der Waals surface area (Å²) in [5.74, 6) is 0.941. The van der Waals surface area contributed by atoms with Gasteiger partial charge in [0.05, 0.1) is 5.71 Å². The summed E-state index contributed by atoms with van der Waals surface area (Å²) in [6.07, 6.45) is 8.32. The number of oxime groups is 1. The number of amides is 1. The lowest BCUT2D eigenvalue weighted by Crippen LogP contribution is -2.44. The van der Waals surface area contributed by atoms with Gasteiger partial charge < -0.3 is 15.9 Å². The van der Waals surface area contributed by atoms with Gasteiger partial charge in [-0.15, -0.1) is 0 Å². The summed E-state index contributed by atoms with van der Waals surface area (Å²) in [4.78, 5) is 12.5. The van der Waals surface area contributed by atoms with E-state index in [0.717, 1.165) is 37.0 Å². The van der Waals surface area contributed by atoms with Crippen LogP contribution in [0, 0.1) is 39.8 Å². The van der Waals surface area contributed by atoms with Gasteiger partial charge >= 0.3 is 0 Å². The van der Waals surface area contributed by atoms with Gasteiger partial charge in [0, 0.05) is 17.5 Å². The SMILES string of the molecule is CC(=N)/C=C\C(=N)NC(=O)CC[C@@H]1C/C(=N\O)[C@@]2(C)CCC3c4ccc(F)cc4CCC3C12. The van der Waals surface area contributed by atoms with Gasteiger partial charge in [-0.1, -0.05) is 18.1 Å². The first-order valence-corrected chi connectivity index (χ1v) is 11.8. The predicted octanol–water partition coefficient (Wildman–Crippen LogP) is 5.21. The highest BCUT2D eigenvalue weighted by atomic mass is 19.1. The largest absolute Gasteiger partial charge is 0.411 e. The molecule has 1 aromatic rings. The van der Waals surface area contributed by atoms with Crippen LogP contribution in [0.3, 0.4) is 0 Å². The highest BCUT2D eigenvalue weighted by molar-refractivity contribution is 6.05. The molecule has 0 saturated heterocycles. The highest BCUT2D eigenvalue weighted by Crippen LogP contribution is 2.62. The number of fused-ring (bicyclic) bond motifs is 5. The van der Waals surface area contributed by atoms with E-state index < -0.39 is 0 Å². The Labute approximate surface area is 194 Å². The third-order valence-electron chi connectivity index (χ3n) is 8.20.